The maximum absolute atomic E-state index is 11.7. The van der Waals surface area contributed by atoms with Gasteiger partial charge in [0.1, 0.15) is 4.88 Å². The Morgan fingerprint density at radius 3 is 2.94 bits per heavy atom. The Balaban J connectivity index is 2.76. The highest BCUT2D eigenvalue weighted by molar-refractivity contribution is 7.18. The van der Waals surface area contributed by atoms with E-state index in [0.717, 1.165) is 5.00 Å². The summed E-state index contributed by atoms with van der Waals surface area (Å²) in [6.45, 7) is 8.06. The van der Waals surface area contributed by atoms with Gasteiger partial charge < -0.3 is 16.4 Å². The molecule has 0 aromatic carbocycles. The average Bonchev–Trinajstić information content (AvgIpc) is 2.54. The van der Waals surface area contributed by atoms with Gasteiger partial charge in [-0.25, -0.2) is 0 Å². The smallest absolute Gasteiger partial charge is 0.263 e. The number of nitrogens with one attached hydrogen (secondary N) is 2. The monoisotopic (exact) mass is 239 g/mol. The van der Waals surface area contributed by atoms with Gasteiger partial charge in [-0.05, 0) is 19.9 Å². The van der Waals surface area contributed by atoms with Crippen LogP contribution in [0.15, 0.2) is 18.7 Å². The van der Waals surface area contributed by atoms with Gasteiger partial charge in [0.15, 0.2) is 0 Å². The molecule has 0 unspecified atom stereocenters. The molecule has 1 rings (SSSR count). The maximum Gasteiger partial charge on any atom is 0.263 e. The molecule has 16 heavy (non-hydrogen) atoms. The number of hydrogen-bond acceptors (Lipinski definition) is 4. The zero-order chi connectivity index (χ0) is 12.1. The van der Waals surface area contributed by atoms with Gasteiger partial charge in [0.05, 0.1) is 10.7 Å². The van der Waals surface area contributed by atoms with Crippen LogP contribution < -0.4 is 16.4 Å². The summed E-state index contributed by atoms with van der Waals surface area (Å²) < 4.78 is 0. The van der Waals surface area contributed by atoms with Crippen LogP contribution in [0.5, 0.6) is 0 Å². The minimum atomic E-state index is -0.154. The van der Waals surface area contributed by atoms with Crippen LogP contribution in [0.25, 0.3) is 0 Å². The number of thiophene rings is 1. The molecule has 4 nitrogen and oxygen atoms in total. The third-order valence-electron chi connectivity index (χ3n) is 1.80. The Labute approximate surface area is 99.5 Å². The predicted octanol–water partition coefficient (Wildman–Crippen LogP) is 2.07. The molecule has 0 aliphatic rings. The molecule has 0 aliphatic heterocycles. The Kier molecular flexibility index (Phi) is 4.37. The fraction of sp³-hybridized carbons (Fsp3) is 0.364. The zero-order valence-electron chi connectivity index (χ0n) is 9.54. The number of nitrogen functional groups attached to an aromatic ring is 1. The van der Waals surface area contributed by atoms with Crippen molar-refractivity contribution in [2.24, 2.45) is 0 Å². The van der Waals surface area contributed by atoms with Crippen molar-refractivity contribution in [2.75, 3.05) is 17.6 Å². The minimum absolute atomic E-state index is 0.154. The number of anilines is 2. The van der Waals surface area contributed by atoms with Gasteiger partial charge in [0.25, 0.3) is 5.91 Å². The molecule has 0 saturated heterocycles. The lowest BCUT2D eigenvalue weighted by atomic mass is 10.3. The third kappa shape index (κ3) is 3.27. The fourth-order valence-electron chi connectivity index (χ4n) is 1.18. The summed E-state index contributed by atoms with van der Waals surface area (Å²) in [5, 5.41) is 6.83. The fourth-order valence-corrected chi connectivity index (χ4v) is 2.23. The number of amides is 1. The van der Waals surface area contributed by atoms with E-state index in [2.05, 4.69) is 17.2 Å². The van der Waals surface area contributed by atoms with Gasteiger partial charge >= 0.3 is 0 Å². The van der Waals surface area contributed by atoms with Gasteiger partial charge in [-0.2, -0.15) is 0 Å². The molecular weight excluding hydrogens is 222 g/mol. The van der Waals surface area contributed by atoms with Gasteiger partial charge in [-0.3, -0.25) is 4.79 Å². The van der Waals surface area contributed by atoms with Crippen LogP contribution in [0.2, 0.25) is 0 Å². The normalized spacial score (nSPS) is 10.2. The number of hydrogen-bond donors (Lipinski definition) is 3. The molecule has 4 N–H and O–H groups in total. The molecule has 0 radical (unpaired) electrons. The van der Waals surface area contributed by atoms with Crippen molar-refractivity contribution < 1.29 is 4.79 Å². The van der Waals surface area contributed by atoms with Crippen molar-refractivity contribution in [1.29, 1.82) is 0 Å². The molecule has 0 atom stereocenters. The van der Waals surface area contributed by atoms with Crippen molar-refractivity contribution in [1.82, 2.24) is 5.32 Å². The van der Waals surface area contributed by atoms with Gasteiger partial charge in [-0.15, -0.1) is 17.9 Å². The van der Waals surface area contributed by atoms with E-state index >= 15 is 0 Å². The van der Waals surface area contributed by atoms with E-state index < -0.39 is 0 Å². The lowest BCUT2D eigenvalue weighted by molar-refractivity contribution is 0.0963. The summed E-state index contributed by atoms with van der Waals surface area (Å²) in [6, 6.07) is 2.11. The topological polar surface area (TPSA) is 67.2 Å². The van der Waals surface area contributed by atoms with E-state index in [-0.39, 0.29) is 5.91 Å². The quantitative estimate of drug-likeness (QED) is 0.689. The first-order chi connectivity index (χ1) is 7.54. The summed E-state index contributed by atoms with van der Waals surface area (Å²) >= 11 is 1.36. The van der Waals surface area contributed by atoms with E-state index in [1.165, 1.54) is 11.3 Å². The largest absolute Gasteiger partial charge is 0.397 e. The van der Waals surface area contributed by atoms with E-state index in [1.807, 2.05) is 13.8 Å². The van der Waals surface area contributed by atoms with Crippen LogP contribution in [0.3, 0.4) is 0 Å². The number of carbonyl (C=O) groups excluding carboxylic acids is 1. The average molecular weight is 239 g/mol. The van der Waals surface area contributed by atoms with Gasteiger partial charge in [-0.1, -0.05) is 6.08 Å². The predicted molar refractivity (Wildman–Crippen MR) is 70.0 cm³/mol. The second-order valence-corrected chi connectivity index (χ2v) is 4.75. The van der Waals surface area contributed by atoms with Crippen LogP contribution in [0.1, 0.15) is 23.5 Å². The molecule has 1 aromatic heterocycles. The Morgan fingerprint density at radius 1 is 1.69 bits per heavy atom. The minimum Gasteiger partial charge on any atom is -0.397 e. The van der Waals surface area contributed by atoms with E-state index in [0.29, 0.717) is 23.2 Å². The van der Waals surface area contributed by atoms with Crippen molar-refractivity contribution in [3.63, 3.8) is 0 Å². The van der Waals surface area contributed by atoms with Crippen LogP contribution in [0.4, 0.5) is 10.7 Å². The second-order valence-electron chi connectivity index (χ2n) is 3.69. The Bertz CT molecular complexity index is 385. The first kappa shape index (κ1) is 12.6. The first-order valence-electron chi connectivity index (χ1n) is 5.09. The molecule has 0 bridgehead atoms. The van der Waals surface area contributed by atoms with Crippen molar-refractivity contribution in [3.8, 4) is 0 Å². The summed E-state index contributed by atoms with van der Waals surface area (Å²) in [4.78, 5) is 12.2. The highest BCUT2D eigenvalue weighted by atomic mass is 32.1. The number of nitrogens with two attached hydrogens (primary N) is 1. The maximum atomic E-state index is 11.7. The molecule has 1 aromatic rings. The number of rotatable bonds is 5. The van der Waals surface area contributed by atoms with E-state index in [1.54, 1.807) is 12.1 Å². The van der Waals surface area contributed by atoms with Crippen molar-refractivity contribution in [2.45, 2.75) is 19.9 Å². The molecule has 88 valence electrons. The second kappa shape index (κ2) is 5.55. The molecule has 0 saturated carbocycles. The van der Waals surface area contributed by atoms with Gasteiger partial charge in [0, 0.05) is 12.6 Å². The van der Waals surface area contributed by atoms with E-state index in [4.69, 9.17) is 5.73 Å². The number of carbonyl (C=O) groups is 1. The summed E-state index contributed by atoms with van der Waals surface area (Å²) in [5.74, 6) is -0.154. The molecule has 0 fully saturated rings. The molecule has 0 spiro atoms. The highest BCUT2D eigenvalue weighted by Crippen LogP contribution is 2.29. The summed E-state index contributed by atoms with van der Waals surface area (Å²) in [7, 11) is 0. The lowest BCUT2D eigenvalue weighted by Gasteiger charge is -2.05. The first-order valence-corrected chi connectivity index (χ1v) is 5.91. The van der Waals surface area contributed by atoms with Crippen LogP contribution in [-0.4, -0.2) is 18.5 Å². The zero-order valence-corrected chi connectivity index (χ0v) is 10.4. The van der Waals surface area contributed by atoms with Gasteiger partial charge in [0.2, 0.25) is 0 Å². The third-order valence-corrected chi connectivity index (χ3v) is 2.89. The SMILES string of the molecule is C=CCNC(=O)c1sc(NC(C)C)cc1N. The summed E-state index contributed by atoms with van der Waals surface area (Å²) in [5.41, 5.74) is 6.28. The van der Waals surface area contributed by atoms with Crippen LogP contribution in [-0.2, 0) is 0 Å². The van der Waals surface area contributed by atoms with Crippen molar-refractivity contribution >= 4 is 27.9 Å². The summed E-state index contributed by atoms with van der Waals surface area (Å²) in [6.07, 6.45) is 1.63. The molecule has 5 heteroatoms. The molecular formula is C11H17N3OS. The van der Waals surface area contributed by atoms with Crippen molar-refractivity contribution in [3.05, 3.63) is 23.6 Å². The molecule has 0 aliphatic carbocycles. The van der Waals surface area contributed by atoms with E-state index in [9.17, 15) is 4.79 Å². The Hall–Kier alpha value is -1.49. The molecule has 1 heterocycles. The van der Waals surface area contributed by atoms with Crippen LogP contribution in [0, 0.1) is 0 Å². The lowest BCUT2D eigenvalue weighted by Crippen LogP contribution is -2.22. The standard InChI is InChI=1S/C11H17N3OS/c1-4-5-13-11(15)10-8(12)6-9(16-10)14-7(2)3/h4,6-7,14H,1,5,12H2,2-3H3,(H,13,15). The van der Waals surface area contributed by atoms with Crippen LogP contribution >= 0.6 is 11.3 Å². The Morgan fingerprint density at radius 2 is 2.38 bits per heavy atom. The highest BCUT2D eigenvalue weighted by Gasteiger charge is 2.13. The molecule has 1 amide bonds.